The summed E-state index contributed by atoms with van der Waals surface area (Å²) in [6, 6.07) is 8.18. The van der Waals surface area contributed by atoms with E-state index in [1.807, 2.05) is 0 Å². The Balaban J connectivity index is 1.29. The molecule has 31 heavy (non-hydrogen) atoms. The average Bonchev–Trinajstić information content (AvgIpc) is 2.78. The van der Waals surface area contributed by atoms with Crippen molar-refractivity contribution in [3.05, 3.63) is 29.8 Å². The van der Waals surface area contributed by atoms with Gasteiger partial charge in [0.05, 0.1) is 12.2 Å². The summed E-state index contributed by atoms with van der Waals surface area (Å²) in [7, 11) is 1.19. The van der Waals surface area contributed by atoms with Gasteiger partial charge >= 0.3 is 6.18 Å². The summed E-state index contributed by atoms with van der Waals surface area (Å²) < 4.78 is 48.9. The van der Waals surface area contributed by atoms with Crippen molar-refractivity contribution < 1.29 is 22.6 Å². The molecule has 1 heterocycles. The summed E-state index contributed by atoms with van der Waals surface area (Å²) in [4.78, 5) is 0. The topological polar surface area (TPSA) is 18.5 Å². The Bertz CT molecular complexity index is 619. The van der Waals surface area contributed by atoms with Crippen LogP contribution in [-0.4, -0.2) is 29.1 Å². The normalized spacial score (nSPS) is 27.2. The minimum absolute atomic E-state index is 0.546. The van der Waals surface area contributed by atoms with E-state index in [1.54, 1.807) is 19.2 Å². The average molecular weight is 457 g/mol. The van der Waals surface area contributed by atoms with Gasteiger partial charge in [0.2, 0.25) is 0 Å². The first-order valence-corrected chi connectivity index (χ1v) is 14.5. The van der Waals surface area contributed by atoms with Gasteiger partial charge in [0.15, 0.2) is 0 Å². The largest absolute Gasteiger partial charge is 0.493 e. The predicted octanol–water partition coefficient (Wildman–Crippen LogP) is 7.49. The van der Waals surface area contributed by atoms with E-state index in [9.17, 15) is 13.2 Å². The molecule has 3 rings (SSSR count). The maximum atomic E-state index is 12.7. The highest BCUT2D eigenvalue weighted by atomic mass is 28.3. The SMILES string of the molecule is COCCCCC[C@H]1CC[Si@H]([C@H]2CC[C@H](COc3ccc(C(F)(F)F)cc3)CC2)CC1. The van der Waals surface area contributed by atoms with Gasteiger partial charge in [0.1, 0.15) is 5.75 Å². The molecule has 0 unspecified atom stereocenters. The Hall–Kier alpha value is -1.01. The molecule has 0 spiro atoms. The van der Waals surface area contributed by atoms with Gasteiger partial charge in [-0.3, -0.25) is 0 Å². The Labute approximate surface area is 187 Å². The van der Waals surface area contributed by atoms with Crippen LogP contribution in [-0.2, 0) is 10.9 Å². The van der Waals surface area contributed by atoms with E-state index >= 15 is 0 Å². The number of methoxy groups -OCH3 is 1. The van der Waals surface area contributed by atoms with Crippen LogP contribution < -0.4 is 4.74 Å². The van der Waals surface area contributed by atoms with Gasteiger partial charge in [-0.25, -0.2) is 0 Å². The minimum Gasteiger partial charge on any atom is -0.493 e. The quantitative estimate of drug-likeness (QED) is 0.268. The second-order valence-corrected chi connectivity index (χ2v) is 13.4. The first-order valence-electron chi connectivity index (χ1n) is 12.2. The number of hydrogen-bond donors (Lipinski definition) is 0. The lowest BCUT2D eigenvalue weighted by atomic mass is 9.89. The summed E-state index contributed by atoms with van der Waals surface area (Å²) in [5, 5.41) is 0. The fraction of sp³-hybridized carbons (Fsp3) is 0.760. The third kappa shape index (κ3) is 8.12. The molecule has 1 aromatic carbocycles. The molecular weight excluding hydrogens is 417 g/mol. The molecule has 0 atom stereocenters. The lowest BCUT2D eigenvalue weighted by Crippen LogP contribution is -2.30. The summed E-state index contributed by atoms with van der Waals surface area (Å²) in [6.45, 7) is 1.53. The van der Waals surface area contributed by atoms with Gasteiger partial charge in [-0.15, -0.1) is 0 Å². The fourth-order valence-corrected chi connectivity index (χ4v) is 9.94. The maximum Gasteiger partial charge on any atom is 0.416 e. The molecule has 2 nitrogen and oxygen atoms in total. The van der Waals surface area contributed by atoms with E-state index in [0.717, 1.165) is 30.2 Å². The molecule has 1 aliphatic carbocycles. The van der Waals surface area contributed by atoms with E-state index < -0.39 is 20.5 Å². The molecule has 0 amide bonds. The Morgan fingerprint density at radius 3 is 2.16 bits per heavy atom. The van der Waals surface area contributed by atoms with Crippen molar-refractivity contribution in [2.24, 2.45) is 11.8 Å². The van der Waals surface area contributed by atoms with E-state index in [4.69, 9.17) is 9.47 Å². The van der Waals surface area contributed by atoms with Crippen LogP contribution >= 0.6 is 0 Å². The zero-order valence-electron chi connectivity index (χ0n) is 19.0. The van der Waals surface area contributed by atoms with Crippen LogP contribution in [0.4, 0.5) is 13.2 Å². The van der Waals surface area contributed by atoms with Crippen LogP contribution in [0, 0.1) is 11.8 Å². The van der Waals surface area contributed by atoms with Crippen molar-refractivity contribution in [1.29, 1.82) is 0 Å². The van der Waals surface area contributed by atoms with Crippen LogP contribution in [0.15, 0.2) is 24.3 Å². The van der Waals surface area contributed by atoms with Crippen LogP contribution in [0.1, 0.15) is 69.8 Å². The fourth-order valence-electron chi connectivity index (χ4n) is 5.59. The number of unbranched alkanes of at least 4 members (excludes halogenated alkanes) is 2. The summed E-state index contributed by atoms with van der Waals surface area (Å²) in [5.74, 6) is 2.07. The number of ether oxygens (including phenoxy) is 2. The van der Waals surface area contributed by atoms with Crippen molar-refractivity contribution in [3.63, 3.8) is 0 Å². The van der Waals surface area contributed by atoms with Crippen LogP contribution in [0.3, 0.4) is 0 Å². The predicted molar refractivity (Wildman–Crippen MR) is 122 cm³/mol. The number of benzene rings is 1. The second-order valence-electron chi connectivity index (χ2n) is 9.74. The lowest BCUT2D eigenvalue weighted by Gasteiger charge is -2.37. The number of rotatable bonds is 10. The summed E-state index contributed by atoms with van der Waals surface area (Å²) in [6.07, 6.45) is 9.08. The zero-order valence-corrected chi connectivity index (χ0v) is 20.1. The molecule has 1 aromatic rings. The molecule has 0 bridgehead atoms. The van der Waals surface area contributed by atoms with Gasteiger partial charge in [0.25, 0.3) is 0 Å². The summed E-state index contributed by atoms with van der Waals surface area (Å²) in [5.41, 5.74) is 0.385. The molecular formula is C25H39F3O2Si. The van der Waals surface area contributed by atoms with E-state index in [0.29, 0.717) is 18.3 Å². The van der Waals surface area contributed by atoms with E-state index in [2.05, 4.69) is 0 Å². The highest BCUT2D eigenvalue weighted by Gasteiger charge is 2.32. The van der Waals surface area contributed by atoms with Gasteiger partial charge in [-0.2, -0.15) is 13.2 Å². The first-order chi connectivity index (χ1) is 15.0. The van der Waals surface area contributed by atoms with Gasteiger partial charge in [-0.1, -0.05) is 57.0 Å². The van der Waals surface area contributed by atoms with Crippen LogP contribution in [0.25, 0.3) is 0 Å². The maximum absolute atomic E-state index is 12.7. The number of alkyl halides is 3. The smallest absolute Gasteiger partial charge is 0.416 e. The molecule has 1 saturated heterocycles. The third-order valence-corrected chi connectivity index (χ3v) is 11.7. The standard InChI is InChI=1S/C25H39F3O2Si/c1-29-16-4-2-3-5-20-14-17-31(18-15-20)24-12-6-21(7-13-24)19-30-23-10-8-22(9-11-23)25(26,27)28/h8-11,20-21,24,31H,2-7,12-19H2,1H3/t20-,21-,24-,31-. The highest BCUT2D eigenvalue weighted by Crippen LogP contribution is 2.42. The monoisotopic (exact) mass is 456 g/mol. The molecule has 0 N–H and O–H groups in total. The van der Waals surface area contributed by atoms with Crippen molar-refractivity contribution in [2.75, 3.05) is 20.3 Å². The van der Waals surface area contributed by atoms with Gasteiger partial charge in [0, 0.05) is 22.5 Å². The molecule has 2 fully saturated rings. The number of halogens is 3. The molecule has 2 aliphatic rings. The van der Waals surface area contributed by atoms with Crippen molar-refractivity contribution in [1.82, 2.24) is 0 Å². The molecule has 0 aromatic heterocycles. The van der Waals surface area contributed by atoms with Crippen molar-refractivity contribution in [2.45, 2.75) is 88.0 Å². The highest BCUT2D eigenvalue weighted by molar-refractivity contribution is 6.60. The minimum atomic E-state index is -4.29. The Morgan fingerprint density at radius 1 is 0.871 bits per heavy atom. The van der Waals surface area contributed by atoms with Gasteiger partial charge in [-0.05, 0) is 60.9 Å². The first kappa shape index (κ1) is 24.6. The summed E-state index contributed by atoms with van der Waals surface area (Å²) >= 11 is 0. The molecule has 176 valence electrons. The van der Waals surface area contributed by atoms with E-state index in [1.165, 1.54) is 76.3 Å². The van der Waals surface area contributed by atoms with E-state index in [-0.39, 0.29) is 0 Å². The zero-order chi connectivity index (χ0) is 22.1. The van der Waals surface area contributed by atoms with Crippen molar-refractivity contribution >= 4 is 8.80 Å². The van der Waals surface area contributed by atoms with Crippen molar-refractivity contribution in [3.8, 4) is 5.75 Å². The van der Waals surface area contributed by atoms with Crippen LogP contribution in [0.2, 0.25) is 17.6 Å². The lowest BCUT2D eigenvalue weighted by molar-refractivity contribution is -0.137. The third-order valence-electron chi connectivity index (χ3n) is 7.58. The molecule has 1 saturated carbocycles. The molecule has 0 radical (unpaired) electrons. The molecule has 6 heteroatoms. The van der Waals surface area contributed by atoms with Gasteiger partial charge < -0.3 is 9.47 Å². The Kier molecular flexibility index (Phi) is 9.76. The second kappa shape index (κ2) is 12.3. The van der Waals surface area contributed by atoms with Crippen LogP contribution in [0.5, 0.6) is 5.75 Å². The Morgan fingerprint density at radius 2 is 1.55 bits per heavy atom. The number of hydrogen-bond acceptors (Lipinski definition) is 2. The molecule has 1 aliphatic heterocycles.